The molecule has 4 nitrogen and oxygen atoms in total. The molecule has 1 aromatic rings. The average molecular weight is 252 g/mol. The van der Waals surface area contributed by atoms with Crippen LogP contribution in [-0.4, -0.2) is 36.6 Å². The Labute approximate surface area is 105 Å². The van der Waals surface area contributed by atoms with Crippen LogP contribution in [0.2, 0.25) is 5.02 Å². The molecule has 0 aliphatic carbocycles. The zero-order valence-electron chi connectivity index (χ0n) is 9.32. The molecule has 5 heteroatoms. The summed E-state index contributed by atoms with van der Waals surface area (Å²) in [6, 6.07) is 8.13. The number of urea groups is 1. The van der Waals surface area contributed by atoms with Crippen LogP contribution >= 0.6 is 11.6 Å². The number of nitrogens with one attached hydrogen (secondary N) is 2. The third-order valence-electron chi connectivity index (χ3n) is 3.41. The van der Waals surface area contributed by atoms with Gasteiger partial charge in [0.15, 0.2) is 0 Å². The van der Waals surface area contributed by atoms with Crippen LogP contribution in [0.1, 0.15) is 11.6 Å². The summed E-state index contributed by atoms with van der Waals surface area (Å²) in [5, 5.41) is 6.91. The van der Waals surface area contributed by atoms with Gasteiger partial charge >= 0.3 is 6.03 Å². The first-order chi connectivity index (χ1) is 8.24. The number of benzene rings is 1. The van der Waals surface area contributed by atoms with Crippen LogP contribution in [0, 0.1) is 0 Å². The number of carbonyl (C=O) groups is 1. The first kappa shape index (κ1) is 10.9. The van der Waals surface area contributed by atoms with Gasteiger partial charge < -0.3 is 15.5 Å². The van der Waals surface area contributed by atoms with Crippen molar-refractivity contribution in [2.75, 3.05) is 19.6 Å². The van der Waals surface area contributed by atoms with Gasteiger partial charge in [-0.1, -0.05) is 23.7 Å². The monoisotopic (exact) mass is 251 g/mol. The van der Waals surface area contributed by atoms with Crippen molar-refractivity contribution in [2.24, 2.45) is 0 Å². The number of rotatable bonds is 2. The Balaban J connectivity index is 1.73. The molecule has 0 saturated carbocycles. The minimum absolute atomic E-state index is 0.0384. The van der Waals surface area contributed by atoms with E-state index < -0.39 is 0 Å². The van der Waals surface area contributed by atoms with Crippen LogP contribution in [0.15, 0.2) is 24.3 Å². The van der Waals surface area contributed by atoms with Crippen molar-refractivity contribution in [2.45, 2.75) is 12.1 Å². The summed E-state index contributed by atoms with van der Waals surface area (Å²) >= 11 is 5.85. The zero-order chi connectivity index (χ0) is 11.8. The maximum absolute atomic E-state index is 11.8. The first-order valence-corrected chi connectivity index (χ1v) is 6.15. The number of halogens is 1. The van der Waals surface area contributed by atoms with E-state index in [1.165, 1.54) is 0 Å². The minimum atomic E-state index is 0.0384. The number of hydrogen-bond acceptors (Lipinski definition) is 2. The van der Waals surface area contributed by atoms with Crippen molar-refractivity contribution >= 4 is 17.6 Å². The van der Waals surface area contributed by atoms with E-state index in [0.29, 0.717) is 6.04 Å². The van der Waals surface area contributed by atoms with Crippen molar-refractivity contribution in [3.63, 3.8) is 0 Å². The van der Waals surface area contributed by atoms with E-state index in [-0.39, 0.29) is 12.1 Å². The maximum atomic E-state index is 11.8. The Morgan fingerprint density at radius 1 is 1.24 bits per heavy atom. The van der Waals surface area contributed by atoms with Gasteiger partial charge in [-0.05, 0) is 17.7 Å². The van der Waals surface area contributed by atoms with E-state index in [4.69, 9.17) is 11.6 Å². The quantitative estimate of drug-likeness (QED) is 0.834. The molecule has 2 heterocycles. The van der Waals surface area contributed by atoms with Crippen LogP contribution < -0.4 is 10.6 Å². The molecule has 0 bridgehead atoms. The highest BCUT2D eigenvalue weighted by atomic mass is 35.5. The Hall–Kier alpha value is -1.26. The van der Waals surface area contributed by atoms with Gasteiger partial charge in [-0.15, -0.1) is 0 Å². The molecule has 1 unspecified atom stereocenters. The molecule has 90 valence electrons. The molecule has 17 heavy (non-hydrogen) atoms. The normalized spacial score (nSPS) is 24.6. The van der Waals surface area contributed by atoms with Gasteiger partial charge in [0, 0.05) is 24.7 Å². The fraction of sp³-hybridized carbons (Fsp3) is 0.417. The highest BCUT2D eigenvalue weighted by Gasteiger charge is 2.36. The molecule has 1 aromatic carbocycles. The van der Waals surface area contributed by atoms with Gasteiger partial charge in [-0.25, -0.2) is 4.79 Å². The lowest BCUT2D eigenvalue weighted by Gasteiger charge is -2.34. The lowest BCUT2D eigenvalue weighted by molar-refractivity contribution is 0.172. The third kappa shape index (κ3) is 1.98. The zero-order valence-corrected chi connectivity index (χ0v) is 10.1. The number of amides is 2. The molecule has 2 aliphatic heterocycles. The lowest BCUT2D eigenvalue weighted by atomic mass is 10.1. The Bertz CT molecular complexity index is 430. The number of hydrogen-bond donors (Lipinski definition) is 2. The van der Waals surface area contributed by atoms with Gasteiger partial charge in [-0.2, -0.15) is 0 Å². The fourth-order valence-corrected chi connectivity index (χ4v) is 2.38. The molecule has 3 rings (SSSR count). The average Bonchev–Trinajstić information content (AvgIpc) is 2.60. The predicted octanol–water partition coefficient (Wildman–Crippen LogP) is 1.38. The SMILES string of the molecule is O=C1NC(c2ccc(Cl)cc2)CN1C1CNC1. The van der Waals surface area contributed by atoms with E-state index in [1.807, 2.05) is 29.2 Å². The van der Waals surface area contributed by atoms with Crippen molar-refractivity contribution in [3.8, 4) is 0 Å². The first-order valence-electron chi connectivity index (χ1n) is 5.77. The molecule has 2 aliphatic rings. The van der Waals surface area contributed by atoms with E-state index in [0.717, 1.165) is 30.2 Å². The predicted molar refractivity (Wildman–Crippen MR) is 66.1 cm³/mol. The van der Waals surface area contributed by atoms with Crippen LogP contribution in [0.5, 0.6) is 0 Å². The van der Waals surface area contributed by atoms with Crippen molar-refractivity contribution in [1.82, 2.24) is 15.5 Å². The lowest BCUT2D eigenvalue weighted by Crippen LogP contribution is -2.57. The summed E-state index contributed by atoms with van der Waals surface area (Å²) in [6.07, 6.45) is 0. The molecule has 1 atom stereocenters. The number of carbonyl (C=O) groups excluding carboxylic acids is 1. The van der Waals surface area contributed by atoms with Crippen LogP contribution in [0.3, 0.4) is 0 Å². The highest BCUT2D eigenvalue weighted by molar-refractivity contribution is 6.30. The molecule has 0 radical (unpaired) electrons. The maximum Gasteiger partial charge on any atom is 0.318 e. The minimum Gasteiger partial charge on any atom is -0.329 e. The summed E-state index contributed by atoms with van der Waals surface area (Å²) in [7, 11) is 0. The second kappa shape index (κ2) is 4.20. The molecule has 2 fully saturated rings. The summed E-state index contributed by atoms with van der Waals surface area (Å²) in [6.45, 7) is 2.55. The van der Waals surface area contributed by atoms with Gasteiger partial charge in [0.05, 0.1) is 12.1 Å². The van der Waals surface area contributed by atoms with E-state index in [9.17, 15) is 4.79 Å². The fourth-order valence-electron chi connectivity index (χ4n) is 2.25. The molecule has 2 amide bonds. The smallest absolute Gasteiger partial charge is 0.318 e. The van der Waals surface area contributed by atoms with Gasteiger partial charge in [0.1, 0.15) is 0 Å². The van der Waals surface area contributed by atoms with E-state index in [1.54, 1.807) is 0 Å². The van der Waals surface area contributed by atoms with Crippen LogP contribution in [0.25, 0.3) is 0 Å². The van der Waals surface area contributed by atoms with Crippen molar-refractivity contribution in [3.05, 3.63) is 34.9 Å². The summed E-state index contributed by atoms with van der Waals surface area (Å²) in [4.78, 5) is 13.7. The van der Waals surface area contributed by atoms with Crippen molar-refractivity contribution in [1.29, 1.82) is 0 Å². The Morgan fingerprint density at radius 3 is 2.53 bits per heavy atom. The number of nitrogens with zero attached hydrogens (tertiary/aromatic N) is 1. The second-order valence-corrected chi connectivity index (χ2v) is 4.95. The third-order valence-corrected chi connectivity index (χ3v) is 3.66. The molecule has 2 saturated heterocycles. The molecule has 0 spiro atoms. The van der Waals surface area contributed by atoms with Crippen LogP contribution in [0.4, 0.5) is 4.79 Å². The molecule has 2 N–H and O–H groups in total. The van der Waals surface area contributed by atoms with Crippen molar-refractivity contribution < 1.29 is 4.79 Å². The van der Waals surface area contributed by atoms with Gasteiger partial charge in [0.2, 0.25) is 0 Å². The second-order valence-electron chi connectivity index (χ2n) is 4.52. The molecule has 0 aromatic heterocycles. The Kier molecular flexibility index (Phi) is 2.68. The van der Waals surface area contributed by atoms with Crippen LogP contribution in [-0.2, 0) is 0 Å². The topological polar surface area (TPSA) is 44.4 Å². The highest BCUT2D eigenvalue weighted by Crippen LogP contribution is 2.24. The summed E-state index contributed by atoms with van der Waals surface area (Å²) in [5.41, 5.74) is 1.11. The standard InChI is InChI=1S/C12H14ClN3O/c13-9-3-1-8(2-4-9)11-7-16(12(17)15-11)10-5-14-6-10/h1-4,10-11,14H,5-7H2,(H,15,17). The van der Waals surface area contributed by atoms with Gasteiger partial charge in [0.25, 0.3) is 0 Å². The Morgan fingerprint density at radius 2 is 1.94 bits per heavy atom. The van der Waals surface area contributed by atoms with Gasteiger partial charge in [-0.3, -0.25) is 0 Å². The molecular weight excluding hydrogens is 238 g/mol. The summed E-state index contributed by atoms with van der Waals surface area (Å²) < 4.78 is 0. The largest absolute Gasteiger partial charge is 0.329 e. The molecular formula is C12H14ClN3O. The van der Waals surface area contributed by atoms with E-state index >= 15 is 0 Å². The summed E-state index contributed by atoms with van der Waals surface area (Å²) in [5.74, 6) is 0. The van der Waals surface area contributed by atoms with E-state index in [2.05, 4.69) is 10.6 Å².